The van der Waals surface area contributed by atoms with Crippen molar-refractivity contribution in [3.8, 4) is 0 Å². The second-order valence-electron chi connectivity index (χ2n) is 6.87. The van der Waals surface area contributed by atoms with Crippen molar-refractivity contribution in [2.24, 2.45) is 11.7 Å². The van der Waals surface area contributed by atoms with Crippen LogP contribution >= 0.6 is 0 Å². The van der Waals surface area contributed by atoms with Crippen molar-refractivity contribution in [3.05, 3.63) is 29.3 Å². The zero-order valence-electron chi connectivity index (χ0n) is 13.8. The highest BCUT2D eigenvalue weighted by molar-refractivity contribution is 6.00. The van der Waals surface area contributed by atoms with Crippen LogP contribution in [0.1, 0.15) is 42.6 Å². The molecule has 5 nitrogen and oxygen atoms in total. The van der Waals surface area contributed by atoms with Crippen molar-refractivity contribution >= 4 is 17.4 Å². The van der Waals surface area contributed by atoms with Crippen LogP contribution in [0.5, 0.6) is 0 Å². The van der Waals surface area contributed by atoms with E-state index in [4.69, 9.17) is 5.73 Å². The Balaban J connectivity index is 1.67. The molecule has 0 saturated carbocycles. The molecule has 2 heterocycles. The fourth-order valence-electron chi connectivity index (χ4n) is 3.68. The summed E-state index contributed by atoms with van der Waals surface area (Å²) in [5.74, 6) is -0.102. The standard InChI is InChI=1S/C18H25N3O2/c1-11-9-15-10-14(3-4-16(15)20-11)17(22)12(2)21-7-5-13(6-8-21)18(19)23/h3-4,10-13,20H,5-9H2,1-2H3,(H2,19,23). The summed E-state index contributed by atoms with van der Waals surface area (Å²) >= 11 is 0. The van der Waals surface area contributed by atoms with Gasteiger partial charge in [0, 0.05) is 23.2 Å². The highest BCUT2D eigenvalue weighted by Crippen LogP contribution is 2.28. The Morgan fingerprint density at radius 2 is 2.00 bits per heavy atom. The lowest BCUT2D eigenvalue weighted by Gasteiger charge is -2.34. The summed E-state index contributed by atoms with van der Waals surface area (Å²) in [5, 5.41) is 3.41. The van der Waals surface area contributed by atoms with Crippen molar-refractivity contribution in [3.63, 3.8) is 0 Å². The van der Waals surface area contributed by atoms with Gasteiger partial charge in [-0.25, -0.2) is 0 Å². The number of hydrogen-bond donors (Lipinski definition) is 2. The molecule has 2 atom stereocenters. The van der Waals surface area contributed by atoms with Gasteiger partial charge in [-0.1, -0.05) is 0 Å². The number of nitrogens with zero attached hydrogens (tertiary/aromatic N) is 1. The largest absolute Gasteiger partial charge is 0.382 e. The number of rotatable bonds is 4. The number of amides is 1. The van der Waals surface area contributed by atoms with E-state index in [-0.39, 0.29) is 23.7 Å². The van der Waals surface area contributed by atoms with Crippen molar-refractivity contribution in [2.45, 2.75) is 45.2 Å². The van der Waals surface area contributed by atoms with E-state index >= 15 is 0 Å². The molecule has 2 aliphatic rings. The number of carbonyl (C=O) groups excluding carboxylic acids is 2. The quantitative estimate of drug-likeness (QED) is 0.831. The molecule has 0 bridgehead atoms. The second kappa shape index (κ2) is 6.32. The highest BCUT2D eigenvalue weighted by Gasteiger charge is 2.29. The zero-order valence-corrected chi connectivity index (χ0v) is 13.8. The minimum absolute atomic E-state index is 0.0406. The van der Waals surface area contributed by atoms with E-state index in [9.17, 15) is 9.59 Å². The van der Waals surface area contributed by atoms with Crippen LogP contribution in [0.3, 0.4) is 0 Å². The molecule has 0 spiro atoms. The molecule has 3 N–H and O–H groups in total. The molecule has 2 aliphatic heterocycles. The number of anilines is 1. The summed E-state index contributed by atoms with van der Waals surface area (Å²) in [4.78, 5) is 26.2. The predicted molar refractivity (Wildman–Crippen MR) is 90.5 cm³/mol. The molecule has 0 radical (unpaired) electrons. The molecule has 3 rings (SSSR count). The van der Waals surface area contributed by atoms with Gasteiger partial charge in [-0.15, -0.1) is 0 Å². The summed E-state index contributed by atoms with van der Waals surface area (Å²) in [6, 6.07) is 6.23. The van der Waals surface area contributed by atoms with E-state index in [1.165, 1.54) is 5.56 Å². The molecule has 1 saturated heterocycles. The highest BCUT2D eigenvalue weighted by atomic mass is 16.1. The van der Waals surface area contributed by atoms with E-state index in [1.807, 2.05) is 25.1 Å². The van der Waals surface area contributed by atoms with Crippen molar-refractivity contribution in [1.82, 2.24) is 4.90 Å². The van der Waals surface area contributed by atoms with Crippen LogP contribution in [0.15, 0.2) is 18.2 Å². The summed E-state index contributed by atoms with van der Waals surface area (Å²) < 4.78 is 0. The first kappa shape index (κ1) is 16.0. The maximum absolute atomic E-state index is 12.8. The number of carbonyl (C=O) groups is 2. The van der Waals surface area contributed by atoms with Gasteiger partial charge in [0.2, 0.25) is 5.91 Å². The Morgan fingerprint density at radius 1 is 1.30 bits per heavy atom. The van der Waals surface area contributed by atoms with Crippen LogP contribution in [0.2, 0.25) is 0 Å². The summed E-state index contributed by atoms with van der Waals surface area (Å²) in [6.45, 7) is 5.61. The molecule has 23 heavy (non-hydrogen) atoms. The van der Waals surface area contributed by atoms with Gasteiger partial charge >= 0.3 is 0 Å². The summed E-state index contributed by atoms with van der Waals surface area (Å²) in [6.07, 6.45) is 2.46. The lowest BCUT2D eigenvalue weighted by Crippen LogP contribution is -2.46. The molecular formula is C18H25N3O2. The van der Waals surface area contributed by atoms with Crippen LogP contribution in [0.4, 0.5) is 5.69 Å². The molecule has 5 heteroatoms. The lowest BCUT2D eigenvalue weighted by atomic mass is 9.93. The monoisotopic (exact) mass is 315 g/mol. The van der Waals surface area contributed by atoms with E-state index in [1.54, 1.807) is 0 Å². The fourth-order valence-corrected chi connectivity index (χ4v) is 3.68. The van der Waals surface area contributed by atoms with Crippen molar-refractivity contribution in [2.75, 3.05) is 18.4 Å². The third-order valence-corrected chi connectivity index (χ3v) is 5.18. The number of piperidine rings is 1. The Morgan fingerprint density at radius 3 is 2.65 bits per heavy atom. The molecule has 2 unspecified atom stereocenters. The van der Waals surface area contributed by atoms with Crippen LogP contribution in [-0.4, -0.2) is 41.8 Å². The Hall–Kier alpha value is -1.88. The maximum Gasteiger partial charge on any atom is 0.220 e. The minimum Gasteiger partial charge on any atom is -0.382 e. The zero-order chi connectivity index (χ0) is 16.6. The smallest absolute Gasteiger partial charge is 0.220 e. The average Bonchev–Trinajstić information content (AvgIpc) is 2.92. The fraction of sp³-hybridized carbons (Fsp3) is 0.556. The minimum atomic E-state index is -0.219. The van der Waals surface area contributed by atoms with Gasteiger partial charge in [0.25, 0.3) is 0 Å². The van der Waals surface area contributed by atoms with E-state index in [2.05, 4.69) is 17.1 Å². The molecular weight excluding hydrogens is 290 g/mol. The summed E-state index contributed by atoms with van der Waals surface area (Å²) in [5.41, 5.74) is 8.52. The van der Waals surface area contributed by atoms with Gasteiger partial charge < -0.3 is 11.1 Å². The SMILES string of the molecule is CC1Cc2cc(C(=O)C(C)N3CCC(C(N)=O)CC3)ccc2N1. The number of likely N-dealkylation sites (tertiary alicyclic amines) is 1. The topological polar surface area (TPSA) is 75.4 Å². The number of nitrogens with one attached hydrogen (secondary N) is 1. The number of nitrogens with two attached hydrogens (primary N) is 1. The number of fused-ring (bicyclic) bond motifs is 1. The first-order valence-electron chi connectivity index (χ1n) is 8.42. The maximum atomic E-state index is 12.8. The van der Waals surface area contributed by atoms with Crippen molar-refractivity contribution in [1.29, 1.82) is 0 Å². The van der Waals surface area contributed by atoms with E-state index in [0.29, 0.717) is 6.04 Å². The first-order valence-corrected chi connectivity index (χ1v) is 8.42. The molecule has 1 aromatic rings. The first-order chi connectivity index (χ1) is 11.0. The number of Topliss-reactive ketones (excluding diaryl/α,β-unsaturated/α-hetero) is 1. The lowest BCUT2D eigenvalue weighted by molar-refractivity contribution is -0.123. The number of ketones is 1. The van der Waals surface area contributed by atoms with Crippen LogP contribution in [0.25, 0.3) is 0 Å². The Bertz CT molecular complexity index is 621. The molecule has 0 aromatic heterocycles. The van der Waals surface area contributed by atoms with E-state index < -0.39 is 0 Å². The molecule has 1 amide bonds. The molecule has 0 aliphatic carbocycles. The van der Waals surface area contributed by atoms with E-state index in [0.717, 1.165) is 43.6 Å². The molecule has 1 aromatic carbocycles. The average molecular weight is 315 g/mol. The van der Waals surface area contributed by atoms with Gasteiger partial charge in [0.1, 0.15) is 0 Å². The predicted octanol–water partition coefficient (Wildman–Crippen LogP) is 1.81. The normalized spacial score (nSPS) is 23.1. The van der Waals surface area contributed by atoms with Crippen LogP contribution in [0, 0.1) is 5.92 Å². The second-order valence-corrected chi connectivity index (χ2v) is 6.87. The van der Waals surface area contributed by atoms with Crippen LogP contribution < -0.4 is 11.1 Å². The van der Waals surface area contributed by atoms with Gasteiger partial charge in [-0.2, -0.15) is 0 Å². The Kier molecular flexibility index (Phi) is 4.39. The van der Waals surface area contributed by atoms with Gasteiger partial charge in [0.15, 0.2) is 5.78 Å². The number of hydrogen-bond acceptors (Lipinski definition) is 4. The number of primary amides is 1. The van der Waals surface area contributed by atoms with Crippen molar-refractivity contribution < 1.29 is 9.59 Å². The third kappa shape index (κ3) is 3.24. The van der Waals surface area contributed by atoms with Gasteiger partial charge in [-0.3, -0.25) is 14.5 Å². The Labute approximate surface area is 137 Å². The molecule has 124 valence electrons. The third-order valence-electron chi connectivity index (χ3n) is 5.18. The number of benzene rings is 1. The van der Waals surface area contributed by atoms with Crippen LogP contribution in [-0.2, 0) is 11.2 Å². The van der Waals surface area contributed by atoms with Gasteiger partial charge in [0.05, 0.1) is 6.04 Å². The molecule has 1 fully saturated rings. The van der Waals surface area contributed by atoms with Gasteiger partial charge in [-0.05, 0) is 70.0 Å². The summed E-state index contributed by atoms with van der Waals surface area (Å²) in [7, 11) is 0.